The van der Waals surface area contributed by atoms with E-state index in [9.17, 15) is 23.6 Å². The van der Waals surface area contributed by atoms with Gasteiger partial charge in [-0.05, 0) is 45.7 Å². The molecular weight excluding hydrogens is 493 g/mol. The van der Waals surface area contributed by atoms with Gasteiger partial charge < -0.3 is 33.7 Å². The van der Waals surface area contributed by atoms with Gasteiger partial charge in [-0.1, -0.05) is 0 Å². The van der Waals surface area contributed by atoms with Crippen molar-refractivity contribution in [1.82, 2.24) is 0 Å². The van der Waals surface area contributed by atoms with Gasteiger partial charge in [-0.3, -0.25) is 0 Å². The van der Waals surface area contributed by atoms with Crippen molar-refractivity contribution in [3.63, 3.8) is 0 Å². The molecule has 0 radical (unpaired) electrons. The highest BCUT2D eigenvalue weighted by molar-refractivity contribution is 6.14. The number of methoxy groups -OCH3 is 1. The van der Waals surface area contributed by atoms with Crippen molar-refractivity contribution in [2.45, 2.75) is 33.6 Å². The molecule has 37 heavy (non-hydrogen) atoms. The lowest BCUT2D eigenvalue weighted by atomic mass is 10.2. The van der Waals surface area contributed by atoms with E-state index >= 15 is 0 Å². The molecular formula is C25H32FNO10. The Morgan fingerprint density at radius 2 is 1.35 bits per heavy atom. The number of esters is 4. The van der Waals surface area contributed by atoms with Crippen LogP contribution in [0.2, 0.25) is 0 Å². The van der Waals surface area contributed by atoms with Gasteiger partial charge in [0.05, 0.1) is 40.1 Å². The number of benzene rings is 1. The summed E-state index contributed by atoms with van der Waals surface area (Å²) in [5.41, 5.74) is -0.468. The summed E-state index contributed by atoms with van der Waals surface area (Å²) in [7, 11) is 1.28. The zero-order chi connectivity index (χ0) is 27.6. The molecule has 0 saturated heterocycles. The molecule has 1 aromatic carbocycles. The number of ether oxygens (including phenoxy) is 6. The normalized spacial score (nSPS) is 10.6. The molecule has 1 rings (SSSR count). The molecule has 204 valence electrons. The Labute approximate surface area is 214 Å². The first kappa shape index (κ1) is 30.9. The summed E-state index contributed by atoms with van der Waals surface area (Å²) < 4.78 is 44.0. The van der Waals surface area contributed by atoms with E-state index in [-0.39, 0.29) is 55.6 Å². The van der Waals surface area contributed by atoms with Gasteiger partial charge in [-0.2, -0.15) is 0 Å². The van der Waals surface area contributed by atoms with Gasteiger partial charge in [0.25, 0.3) is 0 Å². The van der Waals surface area contributed by atoms with Crippen molar-refractivity contribution in [1.29, 1.82) is 0 Å². The molecule has 0 unspecified atom stereocenters. The minimum Gasteiger partial charge on any atom is -0.503 e. The number of anilines is 1. The third kappa shape index (κ3) is 11.0. The molecule has 0 saturated carbocycles. The van der Waals surface area contributed by atoms with Crippen molar-refractivity contribution in [2.24, 2.45) is 0 Å². The van der Waals surface area contributed by atoms with E-state index in [1.54, 1.807) is 20.8 Å². The highest BCUT2D eigenvalue weighted by Crippen LogP contribution is 2.22. The summed E-state index contributed by atoms with van der Waals surface area (Å²) >= 11 is 0. The Morgan fingerprint density at radius 3 is 1.89 bits per heavy atom. The van der Waals surface area contributed by atoms with Crippen LogP contribution in [0, 0.1) is 5.82 Å². The SMILES string of the molecule is CCOC(=O)C(=CNc1ccc(OCCCCOC(=O)/C(=C\OC)C(=O)OCC)c(F)c1)C(=O)OCC. The maximum absolute atomic E-state index is 14.4. The Hall–Kier alpha value is -4.09. The summed E-state index contributed by atoms with van der Waals surface area (Å²) in [4.78, 5) is 47.7. The van der Waals surface area contributed by atoms with Gasteiger partial charge in [0.15, 0.2) is 22.7 Å². The standard InChI is InChI=1S/C25H32FNO10/c1-5-33-22(28)18(23(29)34-6-2)15-27-17-10-11-21(20(26)14-17)36-12-8-9-13-37-25(31)19(16-32-4)24(30)35-7-3/h10-11,14-16,27H,5-9,12-13H2,1-4H3/b19-16-. The first-order valence-corrected chi connectivity index (χ1v) is 11.6. The second-order valence-electron chi connectivity index (χ2n) is 6.97. The van der Waals surface area contributed by atoms with E-state index < -0.39 is 29.7 Å². The predicted molar refractivity (Wildman–Crippen MR) is 129 cm³/mol. The number of hydrogen-bond acceptors (Lipinski definition) is 11. The predicted octanol–water partition coefficient (Wildman–Crippen LogP) is 3.04. The van der Waals surface area contributed by atoms with E-state index in [1.807, 2.05) is 0 Å². The summed E-state index contributed by atoms with van der Waals surface area (Å²) in [6, 6.07) is 3.99. The largest absolute Gasteiger partial charge is 0.503 e. The Kier molecular flexibility index (Phi) is 14.5. The van der Waals surface area contributed by atoms with Crippen LogP contribution in [0.3, 0.4) is 0 Å². The first-order chi connectivity index (χ1) is 17.8. The van der Waals surface area contributed by atoms with E-state index in [2.05, 4.69) is 5.32 Å². The van der Waals surface area contributed by atoms with Gasteiger partial charge in [-0.15, -0.1) is 0 Å². The maximum atomic E-state index is 14.4. The number of carbonyl (C=O) groups is 4. The fourth-order valence-corrected chi connectivity index (χ4v) is 2.62. The fourth-order valence-electron chi connectivity index (χ4n) is 2.62. The lowest BCUT2D eigenvalue weighted by Gasteiger charge is -2.10. The second kappa shape index (κ2) is 17.4. The van der Waals surface area contributed by atoms with Crippen LogP contribution in [0.25, 0.3) is 0 Å². The number of rotatable bonds is 16. The molecule has 0 amide bonds. The Balaban J connectivity index is 2.57. The zero-order valence-corrected chi connectivity index (χ0v) is 21.3. The summed E-state index contributed by atoms with van der Waals surface area (Å²) in [6.07, 6.45) is 2.86. The van der Waals surface area contributed by atoms with Crippen molar-refractivity contribution >= 4 is 29.6 Å². The lowest BCUT2D eigenvalue weighted by molar-refractivity contribution is -0.148. The Morgan fingerprint density at radius 1 is 0.811 bits per heavy atom. The molecule has 0 spiro atoms. The monoisotopic (exact) mass is 525 g/mol. The van der Waals surface area contributed by atoms with E-state index in [0.717, 1.165) is 18.5 Å². The van der Waals surface area contributed by atoms with E-state index in [1.165, 1.54) is 19.2 Å². The number of unbranched alkanes of at least 4 members (excludes halogenated alkanes) is 1. The van der Waals surface area contributed by atoms with Crippen LogP contribution >= 0.6 is 0 Å². The fraction of sp³-hybridized carbons (Fsp3) is 0.440. The van der Waals surface area contributed by atoms with Crippen molar-refractivity contribution in [3.05, 3.63) is 47.6 Å². The highest BCUT2D eigenvalue weighted by atomic mass is 19.1. The maximum Gasteiger partial charge on any atom is 0.348 e. The van der Waals surface area contributed by atoms with Gasteiger partial charge >= 0.3 is 23.9 Å². The van der Waals surface area contributed by atoms with Crippen LogP contribution in [-0.2, 0) is 42.9 Å². The van der Waals surface area contributed by atoms with Crippen LogP contribution < -0.4 is 10.1 Å². The number of nitrogens with one attached hydrogen (secondary N) is 1. The molecule has 0 bridgehead atoms. The molecule has 0 atom stereocenters. The van der Waals surface area contributed by atoms with Gasteiger partial charge in [0, 0.05) is 18.0 Å². The molecule has 0 fully saturated rings. The average Bonchev–Trinajstić information content (AvgIpc) is 2.86. The van der Waals surface area contributed by atoms with Gasteiger partial charge in [0.1, 0.15) is 6.26 Å². The van der Waals surface area contributed by atoms with Crippen LogP contribution in [0.5, 0.6) is 5.75 Å². The van der Waals surface area contributed by atoms with Gasteiger partial charge in [-0.25, -0.2) is 23.6 Å². The zero-order valence-electron chi connectivity index (χ0n) is 21.3. The van der Waals surface area contributed by atoms with Crippen LogP contribution in [0.1, 0.15) is 33.6 Å². The molecule has 0 aliphatic carbocycles. The first-order valence-electron chi connectivity index (χ1n) is 11.6. The summed E-state index contributed by atoms with van der Waals surface area (Å²) in [5.74, 6) is -4.16. The third-order valence-electron chi connectivity index (χ3n) is 4.29. The number of halogens is 1. The van der Waals surface area contributed by atoms with Crippen molar-refractivity contribution in [2.75, 3.05) is 45.5 Å². The van der Waals surface area contributed by atoms with Gasteiger partial charge in [0.2, 0.25) is 0 Å². The molecule has 0 aromatic heterocycles. The number of hydrogen-bond donors (Lipinski definition) is 1. The molecule has 11 nitrogen and oxygen atoms in total. The molecule has 0 aliphatic heterocycles. The van der Waals surface area contributed by atoms with E-state index in [4.69, 9.17) is 28.4 Å². The minimum atomic E-state index is -0.876. The van der Waals surface area contributed by atoms with Crippen LogP contribution in [-0.4, -0.2) is 64.0 Å². The van der Waals surface area contributed by atoms with Crippen LogP contribution in [0.15, 0.2) is 41.8 Å². The minimum absolute atomic E-state index is 0.00356. The van der Waals surface area contributed by atoms with Crippen molar-refractivity contribution in [3.8, 4) is 5.75 Å². The third-order valence-corrected chi connectivity index (χ3v) is 4.29. The summed E-state index contributed by atoms with van der Waals surface area (Å²) in [6.45, 7) is 5.16. The highest BCUT2D eigenvalue weighted by Gasteiger charge is 2.22. The van der Waals surface area contributed by atoms with E-state index in [0.29, 0.717) is 12.8 Å². The molecule has 1 aromatic rings. The molecule has 0 heterocycles. The van der Waals surface area contributed by atoms with Crippen LogP contribution in [0.4, 0.5) is 10.1 Å². The molecule has 0 aliphatic rings. The summed E-state index contributed by atoms with van der Waals surface area (Å²) in [5, 5.41) is 2.67. The second-order valence-corrected chi connectivity index (χ2v) is 6.97. The smallest absolute Gasteiger partial charge is 0.348 e. The molecule has 1 N–H and O–H groups in total. The lowest BCUT2D eigenvalue weighted by Crippen LogP contribution is -2.19. The van der Waals surface area contributed by atoms with Crippen molar-refractivity contribution < 1.29 is 52.0 Å². The number of carbonyl (C=O) groups excluding carboxylic acids is 4. The Bertz CT molecular complexity index is 970. The quantitative estimate of drug-likeness (QED) is 0.0649. The molecule has 12 heteroatoms. The topological polar surface area (TPSA) is 136 Å². The average molecular weight is 526 g/mol.